The number of primary amides is 1. The van der Waals surface area contributed by atoms with Crippen molar-refractivity contribution in [3.8, 4) is 0 Å². The van der Waals surface area contributed by atoms with E-state index < -0.39 is 0 Å². The van der Waals surface area contributed by atoms with Gasteiger partial charge in [0.1, 0.15) is 0 Å². The van der Waals surface area contributed by atoms with E-state index >= 15 is 0 Å². The van der Waals surface area contributed by atoms with E-state index in [4.69, 9.17) is 10.7 Å². The van der Waals surface area contributed by atoms with Crippen LogP contribution in [0.1, 0.15) is 71.1 Å². The van der Waals surface area contributed by atoms with E-state index in [2.05, 4.69) is 17.1 Å². The lowest BCUT2D eigenvalue weighted by atomic mass is 9.91. The number of rotatable bonds is 5. The highest BCUT2D eigenvalue weighted by Gasteiger charge is 2.23. The van der Waals surface area contributed by atoms with Gasteiger partial charge < -0.3 is 16.0 Å². The van der Waals surface area contributed by atoms with Crippen molar-refractivity contribution in [1.29, 1.82) is 0 Å². The Morgan fingerprint density at radius 1 is 1.08 bits per heavy atom. The molecule has 0 aromatic heterocycles. The fourth-order valence-electron chi connectivity index (χ4n) is 4.07. The Labute approximate surface area is 147 Å². The number of nitrogens with zero attached hydrogens (tertiary/aromatic N) is 2. The quantitative estimate of drug-likeness (QED) is 0.599. The highest BCUT2D eigenvalue weighted by atomic mass is 16.1. The molecule has 0 radical (unpaired) electrons. The average molecular weight is 337 g/mol. The summed E-state index contributed by atoms with van der Waals surface area (Å²) >= 11 is 0. The lowest BCUT2D eigenvalue weighted by Gasteiger charge is -2.35. The van der Waals surface area contributed by atoms with Gasteiger partial charge in [0.2, 0.25) is 5.91 Å². The minimum atomic E-state index is -0.182. The summed E-state index contributed by atoms with van der Waals surface area (Å²) in [6.07, 6.45) is 12.3. The van der Waals surface area contributed by atoms with Crippen LogP contribution in [0.2, 0.25) is 0 Å². The largest absolute Gasteiger partial charge is 0.370 e. The number of likely N-dealkylation sites (tertiary alicyclic amines) is 1. The van der Waals surface area contributed by atoms with Gasteiger partial charge in [-0.2, -0.15) is 0 Å². The molecule has 0 aromatic rings. The lowest BCUT2D eigenvalue weighted by molar-refractivity contribution is -0.119. The van der Waals surface area contributed by atoms with Crippen LogP contribution in [0.3, 0.4) is 0 Å². The summed E-state index contributed by atoms with van der Waals surface area (Å²) < 4.78 is 0. The highest BCUT2D eigenvalue weighted by molar-refractivity contribution is 5.80. The molecule has 1 unspecified atom stereocenters. The monoisotopic (exact) mass is 336 g/mol. The van der Waals surface area contributed by atoms with Gasteiger partial charge in [-0.15, -0.1) is 0 Å². The predicted octanol–water partition coefficient (Wildman–Crippen LogP) is 2.90. The molecule has 0 aromatic carbocycles. The fraction of sp³-hybridized carbons (Fsp3) is 0.895. The van der Waals surface area contributed by atoms with Gasteiger partial charge in [-0.25, -0.2) is 0 Å². The van der Waals surface area contributed by atoms with Crippen molar-refractivity contribution >= 4 is 11.9 Å². The molecule has 3 N–H and O–H groups in total. The summed E-state index contributed by atoms with van der Waals surface area (Å²) in [5.41, 5.74) is 5.38. The van der Waals surface area contributed by atoms with Gasteiger partial charge in [0.05, 0.1) is 0 Å². The first-order valence-electron chi connectivity index (χ1n) is 10.0. The molecule has 0 spiro atoms. The molecule has 1 aliphatic carbocycles. The second-order valence-electron chi connectivity index (χ2n) is 7.53. The van der Waals surface area contributed by atoms with E-state index in [1.165, 1.54) is 44.9 Å². The van der Waals surface area contributed by atoms with Gasteiger partial charge in [0.15, 0.2) is 5.96 Å². The van der Waals surface area contributed by atoms with Crippen LogP contribution < -0.4 is 11.1 Å². The summed E-state index contributed by atoms with van der Waals surface area (Å²) in [4.78, 5) is 18.5. The van der Waals surface area contributed by atoms with Crippen LogP contribution in [-0.2, 0) is 4.79 Å². The van der Waals surface area contributed by atoms with Crippen LogP contribution in [-0.4, -0.2) is 42.9 Å². The summed E-state index contributed by atoms with van der Waals surface area (Å²) in [5.74, 6) is 1.97. The van der Waals surface area contributed by atoms with E-state index in [-0.39, 0.29) is 5.91 Å². The number of hydrogen-bond acceptors (Lipinski definition) is 2. The summed E-state index contributed by atoms with van der Waals surface area (Å²) in [6, 6.07) is 0. The molecule has 5 nitrogen and oxygen atoms in total. The average Bonchev–Trinajstić information content (AvgIpc) is 2.52. The molecule has 1 amide bonds. The van der Waals surface area contributed by atoms with Crippen molar-refractivity contribution in [2.75, 3.05) is 26.2 Å². The van der Waals surface area contributed by atoms with E-state index in [1.54, 1.807) is 0 Å². The Morgan fingerprint density at radius 3 is 2.42 bits per heavy atom. The molecule has 1 heterocycles. The molecule has 138 valence electrons. The van der Waals surface area contributed by atoms with Crippen LogP contribution in [0.15, 0.2) is 4.99 Å². The fourth-order valence-corrected chi connectivity index (χ4v) is 4.07. The number of aliphatic imine (C=N–C) groups is 1. The number of carbonyl (C=O) groups is 1. The molecule has 2 fully saturated rings. The summed E-state index contributed by atoms with van der Waals surface area (Å²) in [5, 5.41) is 3.45. The minimum absolute atomic E-state index is 0.182. The van der Waals surface area contributed by atoms with Gasteiger partial charge in [0.25, 0.3) is 0 Å². The third-order valence-electron chi connectivity index (χ3n) is 5.37. The number of carbonyl (C=O) groups excluding carboxylic acids is 1. The van der Waals surface area contributed by atoms with Crippen molar-refractivity contribution < 1.29 is 4.79 Å². The van der Waals surface area contributed by atoms with Gasteiger partial charge in [-0.1, -0.05) is 32.1 Å². The van der Waals surface area contributed by atoms with E-state index in [0.29, 0.717) is 12.3 Å². The third-order valence-corrected chi connectivity index (χ3v) is 5.37. The first kappa shape index (κ1) is 19.1. The van der Waals surface area contributed by atoms with Crippen molar-refractivity contribution in [2.24, 2.45) is 22.6 Å². The molecular weight excluding hydrogens is 300 g/mol. The van der Waals surface area contributed by atoms with E-state index in [9.17, 15) is 4.79 Å². The number of nitrogens with two attached hydrogens (primary N) is 1. The summed E-state index contributed by atoms with van der Waals surface area (Å²) in [7, 11) is 0. The zero-order chi connectivity index (χ0) is 17.2. The first-order valence-corrected chi connectivity index (χ1v) is 10.0. The molecule has 5 heteroatoms. The van der Waals surface area contributed by atoms with Crippen molar-refractivity contribution in [3.63, 3.8) is 0 Å². The smallest absolute Gasteiger partial charge is 0.217 e. The van der Waals surface area contributed by atoms with Crippen LogP contribution in [0.5, 0.6) is 0 Å². The number of piperidine rings is 1. The zero-order valence-electron chi connectivity index (χ0n) is 15.4. The molecule has 1 atom stereocenters. The Bertz CT molecular complexity index is 402. The SMILES string of the molecule is CCNC(=NCC1CCCCCCC1)N1CCCC(CC(N)=O)C1. The molecule has 2 rings (SSSR count). The van der Waals surface area contributed by atoms with Crippen LogP contribution >= 0.6 is 0 Å². The van der Waals surface area contributed by atoms with Crippen molar-refractivity contribution in [2.45, 2.75) is 71.1 Å². The van der Waals surface area contributed by atoms with E-state index in [1.807, 2.05) is 0 Å². The first-order chi connectivity index (χ1) is 11.7. The van der Waals surface area contributed by atoms with E-state index in [0.717, 1.165) is 50.9 Å². The minimum Gasteiger partial charge on any atom is -0.370 e. The van der Waals surface area contributed by atoms with Crippen LogP contribution in [0.25, 0.3) is 0 Å². The summed E-state index contributed by atoms with van der Waals surface area (Å²) in [6.45, 7) is 5.89. The Balaban J connectivity index is 1.92. The Kier molecular flexibility index (Phi) is 8.40. The predicted molar refractivity (Wildman–Crippen MR) is 99.9 cm³/mol. The Hall–Kier alpha value is -1.26. The molecule has 1 saturated heterocycles. The maximum Gasteiger partial charge on any atom is 0.217 e. The van der Waals surface area contributed by atoms with Crippen LogP contribution in [0.4, 0.5) is 0 Å². The maximum absolute atomic E-state index is 11.2. The number of amides is 1. The lowest BCUT2D eigenvalue weighted by Crippen LogP contribution is -2.47. The topological polar surface area (TPSA) is 70.7 Å². The number of nitrogens with one attached hydrogen (secondary N) is 1. The van der Waals surface area contributed by atoms with Gasteiger partial charge >= 0.3 is 0 Å². The van der Waals surface area contributed by atoms with Gasteiger partial charge in [-0.3, -0.25) is 9.79 Å². The molecule has 1 aliphatic heterocycles. The van der Waals surface area contributed by atoms with Crippen molar-refractivity contribution in [3.05, 3.63) is 0 Å². The number of hydrogen-bond donors (Lipinski definition) is 2. The maximum atomic E-state index is 11.2. The second-order valence-corrected chi connectivity index (χ2v) is 7.53. The molecule has 2 aliphatic rings. The standard InChI is InChI=1S/C19H36N4O/c1-2-21-19(22-14-16-9-6-4-3-5-7-10-16)23-12-8-11-17(15-23)13-18(20)24/h16-17H,2-15H2,1H3,(H2,20,24)(H,21,22). The highest BCUT2D eigenvalue weighted by Crippen LogP contribution is 2.23. The Morgan fingerprint density at radius 2 is 1.75 bits per heavy atom. The third kappa shape index (κ3) is 6.70. The molecule has 0 bridgehead atoms. The van der Waals surface area contributed by atoms with Crippen molar-refractivity contribution in [1.82, 2.24) is 10.2 Å². The zero-order valence-corrected chi connectivity index (χ0v) is 15.4. The molecule has 24 heavy (non-hydrogen) atoms. The normalized spacial score (nSPS) is 24.3. The second kappa shape index (κ2) is 10.6. The van der Waals surface area contributed by atoms with Gasteiger partial charge in [-0.05, 0) is 44.4 Å². The van der Waals surface area contributed by atoms with Gasteiger partial charge in [0, 0.05) is 32.6 Å². The molecule has 1 saturated carbocycles. The van der Waals surface area contributed by atoms with Crippen LogP contribution in [0, 0.1) is 11.8 Å². The molecular formula is C19H36N4O. The number of guanidine groups is 1.